The number of hydrogen-bond acceptors (Lipinski definition) is 3. The molecule has 26 heavy (non-hydrogen) atoms. The Labute approximate surface area is 167 Å². The minimum absolute atomic E-state index is 0.0577. The van der Waals surface area contributed by atoms with E-state index in [2.05, 4.69) is 28.8 Å². The van der Waals surface area contributed by atoms with Crippen LogP contribution in [0.15, 0.2) is 66.0 Å². The molecule has 0 aliphatic carbocycles. The van der Waals surface area contributed by atoms with E-state index in [1.165, 1.54) is 0 Å². The number of thiophene rings is 1. The number of amides is 1. The molecule has 1 amide bonds. The topological polar surface area (TPSA) is 41.1 Å². The number of carbonyl (C=O) groups is 1. The number of benzene rings is 2. The predicted octanol–water partition coefficient (Wildman–Crippen LogP) is 5.76. The average Bonchev–Trinajstić information content (AvgIpc) is 3.17. The highest BCUT2D eigenvalue weighted by molar-refractivity contribution is 7.10. The first-order chi connectivity index (χ1) is 12.5. The predicted molar refractivity (Wildman–Crippen MR) is 110 cm³/mol. The molecule has 2 aromatic carbocycles. The van der Waals surface area contributed by atoms with Gasteiger partial charge < -0.3 is 5.32 Å². The van der Waals surface area contributed by atoms with Gasteiger partial charge in [0.1, 0.15) is 0 Å². The van der Waals surface area contributed by atoms with Gasteiger partial charge in [-0.15, -0.1) is 11.3 Å². The van der Waals surface area contributed by atoms with Crippen molar-refractivity contribution in [3.05, 3.63) is 86.5 Å². The summed E-state index contributed by atoms with van der Waals surface area (Å²) in [5, 5.41) is 9.24. The van der Waals surface area contributed by atoms with Crippen LogP contribution in [0.3, 0.4) is 0 Å². The minimum Gasteiger partial charge on any atom is -0.323 e. The Balaban J connectivity index is 1.75. The third kappa shape index (κ3) is 4.65. The van der Waals surface area contributed by atoms with Gasteiger partial charge in [0.05, 0.1) is 22.8 Å². The Morgan fingerprint density at radius 3 is 2.46 bits per heavy atom. The van der Waals surface area contributed by atoms with Crippen LogP contribution >= 0.6 is 34.5 Å². The standard InChI is InChI=1S/C20H18Cl2N2OS/c1-13(20(25)24-17-10-9-15(21)12-16(17)22)23-19(18-8-5-11-26-18)14-6-3-2-4-7-14/h2-13,19,23H,1H3,(H,24,25)/t13-,19+/m0/s1. The fraction of sp³-hybridized carbons (Fsp3) is 0.150. The molecule has 0 radical (unpaired) electrons. The summed E-state index contributed by atoms with van der Waals surface area (Å²) < 4.78 is 0. The first-order valence-electron chi connectivity index (χ1n) is 8.15. The summed E-state index contributed by atoms with van der Waals surface area (Å²) >= 11 is 13.7. The van der Waals surface area contributed by atoms with E-state index in [9.17, 15) is 4.79 Å². The highest BCUT2D eigenvalue weighted by atomic mass is 35.5. The summed E-state index contributed by atoms with van der Waals surface area (Å²) in [6.07, 6.45) is 0. The van der Waals surface area contributed by atoms with Gasteiger partial charge in [-0.05, 0) is 42.1 Å². The van der Waals surface area contributed by atoms with Gasteiger partial charge in [-0.3, -0.25) is 10.1 Å². The zero-order chi connectivity index (χ0) is 18.5. The van der Waals surface area contributed by atoms with Crippen molar-refractivity contribution in [2.24, 2.45) is 0 Å². The molecule has 0 bridgehead atoms. The van der Waals surface area contributed by atoms with E-state index in [1.54, 1.807) is 29.5 Å². The molecule has 0 spiro atoms. The molecule has 3 rings (SSSR count). The van der Waals surface area contributed by atoms with Crippen LogP contribution in [0.1, 0.15) is 23.4 Å². The lowest BCUT2D eigenvalue weighted by atomic mass is 10.0. The Hall–Kier alpha value is -1.85. The lowest BCUT2D eigenvalue weighted by molar-refractivity contribution is -0.117. The molecule has 2 N–H and O–H groups in total. The summed E-state index contributed by atoms with van der Waals surface area (Å²) in [5.41, 5.74) is 1.65. The fourth-order valence-corrected chi connectivity index (χ4v) is 3.87. The lowest BCUT2D eigenvalue weighted by Crippen LogP contribution is -2.40. The molecule has 0 aliphatic heterocycles. The molecule has 1 aromatic heterocycles. The number of carbonyl (C=O) groups excluding carboxylic acids is 1. The molecule has 6 heteroatoms. The quantitative estimate of drug-likeness (QED) is 0.547. The van der Waals surface area contributed by atoms with Crippen LogP contribution in [0.2, 0.25) is 10.0 Å². The summed E-state index contributed by atoms with van der Waals surface area (Å²) in [5.74, 6) is -0.160. The molecule has 3 aromatic rings. The van der Waals surface area contributed by atoms with E-state index >= 15 is 0 Å². The van der Waals surface area contributed by atoms with Gasteiger partial charge in [0.15, 0.2) is 0 Å². The van der Waals surface area contributed by atoms with E-state index in [1.807, 2.05) is 36.6 Å². The summed E-state index contributed by atoms with van der Waals surface area (Å²) in [6.45, 7) is 1.84. The SMILES string of the molecule is C[C@H](N[C@H](c1ccccc1)c1cccs1)C(=O)Nc1ccc(Cl)cc1Cl. The molecular weight excluding hydrogens is 387 g/mol. The van der Waals surface area contributed by atoms with Crippen LogP contribution in [0.5, 0.6) is 0 Å². The van der Waals surface area contributed by atoms with Crippen molar-refractivity contribution in [3.63, 3.8) is 0 Å². The van der Waals surface area contributed by atoms with Crippen molar-refractivity contribution in [1.29, 1.82) is 0 Å². The highest BCUT2D eigenvalue weighted by Gasteiger charge is 2.22. The van der Waals surface area contributed by atoms with E-state index in [0.717, 1.165) is 10.4 Å². The smallest absolute Gasteiger partial charge is 0.241 e. The van der Waals surface area contributed by atoms with Crippen molar-refractivity contribution in [1.82, 2.24) is 5.32 Å². The maximum atomic E-state index is 12.6. The summed E-state index contributed by atoms with van der Waals surface area (Å²) in [4.78, 5) is 13.8. The minimum atomic E-state index is -0.422. The molecule has 0 saturated carbocycles. The average molecular weight is 405 g/mol. The Morgan fingerprint density at radius 2 is 1.81 bits per heavy atom. The van der Waals surface area contributed by atoms with Crippen molar-refractivity contribution in [2.45, 2.75) is 19.0 Å². The van der Waals surface area contributed by atoms with Crippen LogP contribution in [0, 0.1) is 0 Å². The van der Waals surface area contributed by atoms with Gasteiger partial charge in [-0.25, -0.2) is 0 Å². The molecule has 0 fully saturated rings. The monoisotopic (exact) mass is 404 g/mol. The van der Waals surface area contributed by atoms with E-state index < -0.39 is 6.04 Å². The van der Waals surface area contributed by atoms with Gasteiger partial charge in [0.25, 0.3) is 0 Å². The summed E-state index contributed by atoms with van der Waals surface area (Å²) in [6, 6.07) is 18.7. The van der Waals surface area contributed by atoms with Gasteiger partial charge >= 0.3 is 0 Å². The molecule has 0 aliphatic rings. The second kappa shape index (κ2) is 8.69. The highest BCUT2D eigenvalue weighted by Crippen LogP contribution is 2.28. The Bertz CT molecular complexity index is 869. The first-order valence-corrected chi connectivity index (χ1v) is 9.78. The molecule has 2 atom stereocenters. The molecule has 134 valence electrons. The van der Waals surface area contributed by atoms with Gasteiger partial charge in [0, 0.05) is 9.90 Å². The summed E-state index contributed by atoms with van der Waals surface area (Å²) in [7, 11) is 0. The number of hydrogen-bond donors (Lipinski definition) is 2. The fourth-order valence-electron chi connectivity index (χ4n) is 2.60. The number of rotatable bonds is 6. The van der Waals surface area contributed by atoms with Crippen LogP contribution in [-0.4, -0.2) is 11.9 Å². The van der Waals surface area contributed by atoms with E-state index in [-0.39, 0.29) is 11.9 Å². The van der Waals surface area contributed by atoms with E-state index in [4.69, 9.17) is 23.2 Å². The van der Waals surface area contributed by atoms with Crippen LogP contribution in [0.25, 0.3) is 0 Å². The maximum Gasteiger partial charge on any atom is 0.241 e. The molecular formula is C20H18Cl2N2OS. The zero-order valence-electron chi connectivity index (χ0n) is 14.1. The maximum absolute atomic E-state index is 12.6. The van der Waals surface area contributed by atoms with Gasteiger partial charge in [0.2, 0.25) is 5.91 Å². The van der Waals surface area contributed by atoms with Crippen molar-refractivity contribution in [2.75, 3.05) is 5.32 Å². The Kier molecular flexibility index (Phi) is 6.33. The molecule has 1 heterocycles. The van der Waals surface area contributed by atoms with Crippen LogP contribution < -0.4 is 10.6 Å². The third-order valence-corrected chi connectivity index (χ3v) is 5.44. The zero-order valence-corrected chi connectivity index (χ0v) is 16.4. The van der Waals surface area contributed by atoms with E-state index in [0.29, 0.717) is 15.7 Å². The first kappa shape index (κ1) is 18.9. The second-order valence-electron chi connectivity index (χ2n) is 5.86. The van der Waals surface area contributed by atoms with Gasteiger partial charge in [-0.1, -0.05) is 59.6 Å². The lowest BCUT2D eigenvalue weighted by Gasteiger charge is -2.23. The molecule has 0 saturated heterocycles. The third-order valence-electron chi connectivity index (χ3n) is 3.96. The molecule has 3 nitrogen and oxygen atoms in total. The van der Waals surface area contributed by atoms with Crippen LogP contribution in [-0.2, 0) is 4.79 Å². The number of nitrogens with one attached hydrogen (secondary N) is 2. The molecule has 0 unspecified atom stereocenters. The Morgan fingerprint density at radius 1 is 1.04 bits per heavy atom. The number of halogens is 2. The van der Waals surface area contributed by atoms with Crippen molar-refractivity contribution < 1.29 is 4.79 Å². The van der Waals surface area contributed by atoms with Crippen molar-refractivity contribution in [3.8, 4) is 0 Å². The van der Waals surface area contributed by atoms with Crippen molar-refractivity contribution >= 4 is 46.1 Å². The second-order valence-corrected chi connectivity index (χ2v) is 7.68. The largest absolute Gasteiger partial charge is 0.323 e. The van der Waals surface area contributed by atoms with Crippen LogP contribution in [0.4, 0.5) is 5.69 Å². The van der Waals surface area contributed by atoms with Gasteiger partial charge in [-0.2, -0.15) is 0 Å². The normalized spacial score (nSPS) is 13.2. The number of anilines is 1.